The fraction of sp³-hybridized carbons (Fsp3) is 0.348. The molecule has 3 amide bonds. The van der Waals surface area contributed by atoms with Crippen molar-refractivity contribution in [2.75, 3.05) is 0 Å². The first-order valence-electron chi connectivity index (χ1n) is 9.66. The molecule has 0 saturated heterocycles. The minimum absolute atomic E-state index is 0.00762. The van der Waals surface area contributed by atoms with Gasteiger partial charge >= 0.3 is 0 Å². The van der Waals surface area contributed by atoms with Crippen LogP contribution in [0.4, 0.5) is 0 Å². The molecule has 1 unspecified atom stereocenters. The monoisotopic (exact) mass is 395 g/mol. The molecule has 6 heteroatoms. The summed E-state index contributed by atoms with van der Waals surface area (Å²) in [6.45, 7) is 9.96. The highest BCUT2D eigenvalue weighted by molar-refractivity contribution is 5.99. The van der Waals surface area contributed by atoms with E-state index in [0.717, 1.165) is 5.56 Å². The number of nitrogens with one attached hydrogen (secondary N) is 3. The van der Waals surface area contributed by atoms with Crippen LogP contribution in [0.3, 0.4) is 0 Å². The lowest BCUT2D eigenvalue weighted by Crippen LogP contribution is -2.54. The number of carbonyl (C=O) groups excluding carboxylic acids is 3. The average molecular weight is 396 g/mol. The van der Waals surface area contributed by atoms with Crippen LogP contribution >= 0.6 is 0 Å². The standard InChI is InChI=1S/C23H29N3O3/c1-15(2)19(22(29)26-25-21(28)16-9-7-6-8-10-16)24-20(27)17-11-13-18(14-12-17)23(3,4)5/h6-15,19H,1-5H3,(H,24,27)(H,25,28)(H,26,29). The number of carbonyl (C=O) groups is 3. The molecule has 2 aromatic rings. The minimum atomic E-state index is -0.791. The summed E-state index contributed by atoms with van der Waals surface area (Å²) in [5.41, 5.74) is 6.79. The van der Waals surface area contributed by atoms with Gasteiger partial charge < -0.3 is 5.32 Å². The lowest BCUT2D eigenvalue weighted by molar-refractivity contribution is -0.124. The van der Waals surface area contributed by atoms with Crippen LogP contribution in [0, 0.1) is 5.92 Å². The van der Waals surface area contributed by atoms with E-state index in [1.807, 2.05) is 26.0 Å². The Balaban J connectivity index is 2.00. The van der Waals surface area contributed by atoms with Gasteiger partial charge in [-0.1, -0.05) is 65.0 Å². The molecule has 6 nitrogen and oxygen atoms in total. The SMILES string of the molecule is CC(C)C(NC(=O)c1ccc(C(C)(C)C)cc1)C(=O)NNC(=O)c1ccccc1. The second kappa shape index (κ2) is 9.37. The summed E-state index contributed by atoms with van der Waals surface area (Å²) in [5, 5.41) is 2.75. The van der Waals surface area contributed by atoms with Gasteiger partial charge in [-0.3, -0.25) is 25.2 Å². The van der Waals surface area contributed by atoms with Gasteiger partial charge in [0.2, 0.25) is 0 Å². The number of hydrogen-bond donors (Lipinski definition) is 3. The molecule has 0 heterocycles. The van der Waals surface area contributed by atoms with Gasteiger partial charge in [-0.05, 0) is 41.2 Å². The Morgan fingerprint density at radius 2 is 1.31 bits per heavy atom. The van der Waals surface area contributed by atoms with Gasteiger partial charge in [-0.15, -0.1) is 0 Å². The van der Waals surface area contributed by atoms with Gasteiger partial charge in [-0.25, -0.2) is 0 Å². The van der Waals surface area contributed by atoms with Gasteiger partial charge in [0.25, 0.3) is 17.7 Å². The van der Waals surface area contributed by atoms with Crippen LogP contribution in [-0.4, -0.2) is 23.8 Å². The van der Waals surface area contributed by atoms with Crippen molar-refractivity contribution >= 4 is 17.7 Å². The van der Waals surface area contributed by atoms with Crippen LogP contribution in [0.15, 0.2) is 54.6 Å². The Kier molecular flexibility index (Phi) is 7.15. The van der Waals surface area contributed by atoms with Crippen molar-refractivity contribution in [2.45, 2.75) is 46.1 Å². The van der Waals surface area contributed by atoms with E-state index >= 15 is 0 Å². The third kappa shape index (κ3) is 6.17. The average Bonchev–Trinajstić information content (AvgIpc) is 2.69. The highest BCUT2D eigenvalue weighted by Gasteiger charge is 2.25. The molecule has 3 N–H and O–H groups in total. The zero-order valence-corrected chi connectivity index (χ0v) is 17.6. The van der Waals surface area contributed by atoms with Crippen molar-refractivity contribution in [3.63, 3.8) is 0 Å². The van der Waals surface area contributed by atoms with E-state index in [9.17, 15) is 14.4 Å². The molecule has 0 saturated carbocycles. The molecule has 0 fully saturated rings. The fourth-order valence-corrected chi connectivity index (χ4v) is 2.74. The zero-order valence-electron chi connectivity index (χ0n) is 17.6. The number of rotatable bonds is 5. The topological polar surface area (TPSA) is 87.3 Å². The molecule has 0 radical (unpaired) electrons. The van der Waals surface area contributed by atoms with Crippen LogP contribution in [0.25, 0.3) is 0 Å². The quantitative estimate of drug-likeness (QED) is 0.680. The maximum Gasteiger partial charge on any atom is 0.269 e. The Labute approximate surface area is 172 Å². The molecule has 2 aromatic carbocycles. The molecular weight excluding hydrogens is 366 g/mol. The van der Waals surface area contributed by atoms with Gasteiger partial charge in [-0.2, -0.15) is 0 Å². The smallest absolute Gasteiger partial charge is 0.269 e. The van der Waals surface area contributed by atoms with Crippen LogP contribution < -0.4 is 16.2 Å². The summed E-state index contributed by atoms with van der Waals surface area (Å²) in [6, 6.07) is 15.1. The van der Waals surface area contributed by atoms with Crippen molar-refractivity contribution in [2.24, 2.45) is 5.92 Å². The predicted octanol–water partition coefficient (Wildman–Crippen LogP) is 3.20. The molecule has 0 aliphatic heterocycles. The molecular formula is C23H29N3O3. The normalized spacial score (nSPS) is 12.2. The Hall–Kier alpha value is -3.15. The molecule has 0 aromatic heterocycles. The molecule has 0 bridgehead atoms. The number of hydrazine groups is 1. The maximum absolute atomic E-state index is 12.6. The van der Waals surface area contributed by atoms with E-state index in [-0.39, 0.29) is 17.2 Å². The second-order valence-electron chi connectivity index (χ2n) is 8.33. The Morgan fingerprint density at radius 3 is 1.83 bits per heavy atom. The zero-order chi connectivity index (χ0) is 21.6. The second-order valence-corrected chi connectivity index (χ2v) is 8.33. The lowest BCUT2D eigenvalue weighted by Gasteiger charge is -2.22. The van der Waals surface area contributed by atoms with Crippen LogP contribution in [-0.2, 0) is 10.2 Å². The van der Waals surface area contributed by atoms with Crippen molar-refractivity contribution in [3.05, 3.63) is 71.3 Å². The number of amides is 3. The molecule has 2 rings (SSSR count). The van der Waals surface area contributed by atoms with Gasteiger partial charge in [0.05, 0.1) is 0 Å². The minimum Gasteiger partial charge on any atom is -0.340 e. The fourth-order valence-electron chi connectivity index (χ4n) is 2.74. The molecule has 29 heavy (non-hydrogen) atoms. The van der Waals surface area contributed by atoms with E-state index in [1.54, 1.807) is 42.5 Å². The van der Waals surface area contributed by atoms with E-state index in [4.69, 9.17) is 0 Å². The van der Waals surface area contributed by atoms with E-state index in [0.29, 0.717) is 11.1 Å². The molecule has 154 valence electrons. The van der Waals surface area contributed by atoms with Crippen molar-refractivity contribution in [1.29, 1.82) is 0 Å². The Bertz CT molecular complexity index is 853. The van der Waals surface area contributed by atoms with E-state index in [1.165, 1.54) is 0 Å². The van der Waals surface area contributed by atoms with Crippen LogP contribution in [0.2, 0.25) is 0 Å². The van der Waals surface area contributed by atoms with Gasteiger partial charge in [0.15, 0.2) is 0 Å². The summed E-state index contributed by atoms with van der Waals surface area (Å²) < 4.78 is 0. The third-order valence-electron chi connectivity index (χ3n) is 4.58. The highest BCUT2D eigenvalue weighted by atomic mass is 16.2. The lowest BCUT2D eigenvalue weighted by atomic mass is 9.86. The first kappa shape index (κ1) is 22.1. The number of benzene rings is 2. The maximum atomic E-state index is 12.6. The predicted molar refractivity (Wildman–Crippen MR) is 113 cm³/mol. The van der Waals surface area contributed by atoms with Gasteiger partial charge in [0.1, 0.15) is 6.04 Å². The van der Waals surface area contributed by atoms with Crippen molar-refractivity contribution < 1.29 is 14.4 Å². The number of hydrogen-bond acceptors (Lipinski definition) is 3. The molecule has 1 atom stereocenters. The van der Waals surface area contributed by atoms with Gasteiger partial charge in [0, 0.05) is 11.1 Å². The Morgan fingerprint density at radius 1 is 0.759 bits per heavy atom. The molecule has 0 aliphatic carbocycles. The van der Waals surface area contributed by atoms with Crippen molar-refractivity contribution in [1.82, 2.24) is 16.2 Å². The van der Waals surface area contributed by atoms with Crippen LogP contribution in [0.1, 0.15) is 60.9 Å². The summed E-state index contributed by atoms with van der Waals surface area (Å²) >= 11 is 0. The summed E-state index contributed by atoms with van der Waals surface area (Å²) in [7, 11) is 0. The molecule has 0 spiro atoms. The van der Waals surface area contributed by atoms with Crippen LogP contribution in [0.5, 0.6) is 0 Å². The van der Waals surface area contributed by atoms with E-state index < -0.39 is 17.9 Å². The summed E-state index contributed by atoms with van der Waals surface area (Å²) in [5.74, 6) is -1.41. The molecule has 0 aliphatic rings. The van der Waals surface area contributed by atoms with E-state index in [2.05, 4.69) is 36.9 Å². The van der Waals surface area contributed by atoms with Crippen molar-refractivity contribution in [3.8, 4) is 0 Å². The third-order valence-corrected chi connectivity index (χ3v) is 4.58. The first-order chi connectivity index (χ1) is 13.6. The highest BCUT2D eigenvalue weighted by Crippen LogP contribution is 2.22. The summed E-state index contributed by atoms with van der Waals surface area (Å²) in [4.78, 5) is 37.2. The largest absolute Gasteiger partial charge is 0.340 e. The summed E-state index contributed by atoms with van der Waals surface area (Å²) in [6.07, 6.45) is 0. The first-order valence-corrected chi connectivity index (χ1v) is 9.66.